The maximum absolute atomic E-state index is 12.0. The second kappa shape index (κ2) is 5.52. The zero-order valence-electron chi connectivity index (χ0n) is 12.2. The number of carbonyl (C=O) groups excluding carboxylic acids is 1. The molecule has 1 heterocycles. The third-order valence-electron chi connectivity index (χ3n) is 3.37. The highest BCUT2D eigenvalue weighted by Crippen LogP contribution is 2.22. The molecule has 2 aromatic carbocycles. The summed E-state index contributed by atoms with van der Waals surface area (Å²) in [7, 11) is -1.80. The number of sulfonamides is 1. The van der Waals surface area contributed by atoms with Gasteiger partial charge in [0.1, 0.15) is 7.85 Å². The Labute approximate surface area is 134 Å². The molecular weight excluding hydrogens is 315 g/mol. The number of benzene rings is 2. The Bertz CT molecular complexity index is 924. The molecule has 0 unspecified atom stereocenters. The summed E-state index contributed by atoms with van der Waals surface area (Å²) in [6.07, 6.45) is 0. The fourth-order valence-electron chi connectivity index (χ4n) is 2.22. The standard InChI is InChI=1S/C14H13BN4O3S/c15-8-1-6-12-11(7-8)13(14(20)17-12)19-18-9-2-4-10(5-3-9)23(16,21)22/h1-7,18H,15H2,(H2,16,21,22)(H,17,19,20). The van der Waals surface area contributed by atoms with E-state index in [-0.39, 0.29) is 16.5 Å². The molecule has 1 aliphatic rings. The van der Waals surface area contributed by atoms with Gasteiger partial charge in [0.25, 0.3) is 5.91 Å². The number of carbonyl (C=O) groups is 1. The van der Waals surface area contributed by atoms with Crippen molar-refractivity contribution in [1.82, 2.24) is 0 Å². The van der Waals surface area contributed by atoms with Crippen molar-refractivity contribution in [2.45, 2.75) is 4.90 Å². The van der Waals surface area contributed by atoms with Crippen LogP contribution in [0.1, 0.15) is 5.56 Å². The average molecular weight is 328 g/mol. The molecule has 0 saturated heterocycles. The highest BCUT2D eigenvalue weighted by atomic mass is 32.2. The lowest BCUT2D eigenvalue weighted by atomic mass is 9.93. The van der Waals surface area contributed by atoms with Gasteiger partial charge in [-0.2, -0.15) is 5.10 Å². The Morgan fingerprint density at radius 2 is 1.83 bits per heavy atom. The number of anilines is 2. The molecule has 0 aliphatic carbocycles. The van der Waals surface area contributed by atoms with Gasteiger partial charge in [-0.25, -0.2) is 13.6 Å². The summed E-state index contributed by atoms with van der Waals surface area (Å²) in [6.45, 7) is 0. The Morgan fingerprint density at radius 3 is 2.48 bits per heavy atom. The van der Waals surface area contributed by atoms with Gasteiger partial charge in [-0.05, 0) is 30.3 Å². The van der Waals surface area contributed by atoms with E-state index in [1.807, 2.05) is 26.0 Å². The lowest BCUT2D eigenvalue weighted by Crippen LogP contribution is -2.16. The average Bonchev–Trinajstić information content (AvgIpc) is 2.79. The fraction of sp³-hybridized carbons (Fsp3) is 0. The molecule has 0 bridgehead atoms. The van der Waals surface area contributed by atoms with Crippen LogP contribution in [0.2, 0.25) is 0 Å². The largest absolute Gasteiger partial charge is 0.320 e. The third-order valence-corrected chi connectivity index (χ3v) is 4.30. The van der Waals surface area contributed by atoms with Crippen LogP contribution in [0.25, 0.3) is 0 Å². The van der Waals surface area contributed by atoms with Crippen LogP contribution in [0.5, 0.6) is 0 Å². The molecule has 0 radical (unpaired) electrons. The molecule has 3 rings (SSSR count). The maximum Gasteiger partial charge on any atom is 0.276 e. The minimum absolute atomic E-state index is 0.00952. The monoisotopic (exact) mass is 328 g/mol. The SMILES string of the molecule is Bc1ccc2c(c1)/C(=N/Nc1ccc(S(N)(=O)=O)cc1)C(=O)N2. The van der Waals surface area contributed by atoms with E-state index in [9.17, 15) is 13.2 Å². The number of nitrogens with zero attached hydrogens (tertiary/aromatic N) is 1. The van der Waals surface area contributed by atoms with Gasteiger partial charge < -0.3 is 5.32 Å². The van der Waals surface area contributed by atoms with Crippen LogP contribution in [-0.2, 0) is 14.8 Å². The van der Waals surface area contributed by atoms with Crippen molar-refractivity contribution in [3.63, 3.8) is 0 Å². The number of fused-ring (bicyclic) bond motifs is 1. The lowest BCUT2D eigenvalue weighted by molar-refractivity contribution is -0.110. The smallest absolute Gasteiger partial charge is 0.276 e. The molecule has 116 valence electrons. The number of rotatable bonds is 3. The van der Waals surface area contributed by atoms with Gasteiger partial charge in [0.2, 0.25) is 10.0 Å². The number of nitrogens with two attached hydrogens (primary N) is 1. The molecule has 0 fully saturated rings. The van der Waals surface area contributed by atoms with Crippen LogP contribution in [0.15, 0.2) is 52.5 Å². The van der Waals surface area contributed by atoms with Crippen LogP contribution in [-0.4, -0.2) is 27.9 Å². The highest BCUT2D eigenvalue weighted by molar-refractivity contribution is 7.89. The van der Waals surface area contributed by atoms with Crippen LogP contribution in [0.4, 0.5) is 11.4 Å². The predicted octanol–water partition coefficient (Wildman–Crippen LogP) is -0.639. The van der Waals surface area contributed by atoms with Crippen molar-refractivity contribution >= 4 is 46.3 Å². The topological polar surface area (TPSA) is 114 Å². The van der Waals surface area contributed by atoms with Gasteiger partial charge in [-0.15, -0.1) is 0 Å². The van der Waals surface area contributed by atoms with E-state index in [1.165, 1.54) is 24.3 Å². The molecule has 2 aromatic rings. The summed E-state index contributed by atoms with van der Waals surface area (Å²) in [5.41, 5.74) is 6.02. The van der Waals surface area contributed by atoms with Crippen molar-refractivity contribution in [2.75, 3.05) is 10.7 Å². The van der Waals surface area contributed by atoms with Gasteiger partial charge in [-0.3, -0.25) is 10.2 Å². The molecular formula is C14H13BN4O3S. The predicted molar refractivity (Wildman–Crippen MR) is 91.2 cm³/mol. The number of hydrogen-bond donors (Lipinski definition) is 3. The number of nitrogens with one attached hydrogen (secondary N) is 2. The van der Waals surface area contributed by atoms with Crippen molar-refractivity contribution in [3.8, 4) is 0 Å². The Balaban J connectivity index is 1.86. The second-order valence-electron chi connectivity index (χ2n) is 5.14. The first-order valence-electron chi connectivity index (χ1n) is 6.73. The summed E-state index contributed by atoms with van der Waals surface area (Å²) < 4.78 is 22.4. The molecule has 7 nitrogen and oxygen atoms in total. The summed E-state index contributed by atoms with van der Waals surface area (Å²) >= 11 is 0. The van der Waals surface area contributed by atoms with E-state index >= 15 is 0 Å². The van der Waals surface area contributed by atoms with E-state index in [1.54, 1.807) is 0 Å². The molecule has 1 amide bonds. The minimum Gasteiger partial charge on any atom is -0.320 e. The van der Waals surface area contributed by atoms with Crippen molar-refractivity contribution in [1.29, 1.82) is 0 Å². The van der Waals surface area contributed by atoms with Gasteiger partial charge in [-0.1, -0.05) is 17.6 Å². The first-order chi connectivity index (χ1) is 10.8. The van der Waals surface area contributed by atoms with Gasteiger partial charge in [0, 0.05) is 5.56 Å². The molecule has 4 N–H and O–H groups in total. The van der Waals surface area contributed by atoms with E-state index in [0.717, 1.165) is 11.0 Å². The molecule has 1 aliphatic heterocycles. The normalized spacial score (nSPS) is 15.3. The number of amides is 1. The van der Waals surface area contributed by atoms with Crippen LogP contribution >= 0.6 is 0 Å². The van der Waals surface area contributed by atoms with Gasteiger partial charge in [0.15, 0.2) is 5.71 Å². The van der Waals surface area contributed by atoms with Crippen molar-refractivity contribution < 1.29 is 13.2 Å². The fourth-order valence-corrected chi connectivity index (χ4v) is 2.73. The first kappa shape index (κ1) is 15.3. The summed E-state index contributed by atoms with van der Waals surface area (Å²) in [4.78, 5) is 12.0. The summed E-state index contributed by atoms with van der Waals surface area (Å²) in [6, 6.07) is 11.4. The molecule has 0 aromatic heterocycles. The summed E-state index contributed by atoms with van der Waals surface area (Å²) in [5, 5.41) is 11.9. The highest BCUT2D eigenvalue weighted by Gasteiger charge is 2.25. The van der Waals surface area contributed by atoms with Gasteiger partial charge >= 0.3 is 0 Å². The molecule has 0 atom stereocenters. The van der Waals surface area contributed by atoms with Crippen molar-refractivity contribution in [2.24, 2.45) is 10.2 Å². The Morgan fingerprint density at radius 1 is 1.13 bits per heavy atom. The Kier molecular flexibility index (Phi) is 3.67. The number of primary sulfonamides is 1. The van der Waals surface area contributed by atoms with E-state index < -0.39 is 10.0 Å². The molecule has 0 spiro atoms. The maximum atomic E-state index is 12.0. The molecule has 0 saturated carbocycles. The third kappa shape index (κ3) is 3.10. The quantitative estimate of drug-likeness (QED) is 0.514. The van der Waals surface area contributed by atoms with Crippen molar-refractivity contribution in [3.05, 3.63) is 48.0 Å². The lowest BCUT2D eigenvalue weighted by Gasteiger charge is -2.03. The first-order valence-corrected chi connectivity index (χ1v) is 8.28. The molecule has 9 heteroatoms. The van der Waals surface area contributed by atoms with Crippen LogP contribution in [0, 0.1) is 0 Å². The van der Waals surface area contributed by atoms with Gasteiger partial charge in [0.05, 0.1) is 16.3 Å². The number of hydrazone groups is 1. The summed E-state index contributed by atoms with van der Waals surface area (Å²) in [5.74, 6) is -0.292. The Hall–Kier alpha value is -2.65. The molecule has 23 heavy (non-hydrogen) atoms. The van der Waals surface area contributed by atoms with E-state index in [2.05, 4.69) is 15.8 Å². The van der Waals surface area contributed by atoms with Crippen LogP contribution < -0.4 is 21.3 Å². The zero-order chi connectivity index (χ0) is 16.6. The number of hydrogen-bond acceptors (Lipinski definition) is 5. The van der Waals surface area contributed by atoms with Crippen LogP contribution in [0.3, 0.4) is 0 Å². The van der Waals surface area contributed by atoms with E-state index in [0.29, 0.717) is 11.4 Å². The minimum atomic E-state index is -3.73. The van der Waals surface area contributed by atoms with E-state index in [4.69, 9.17) is 5.14 Å². The second-order valence-corrected chi connectivity index (χ2v) is 6.71. The zero-order valence-corrected chi connectivity index (χ0v) is 13.0.